The minimum atomic E-state index is 0.848. The van der Waals surface area contributed by atoms with E-state index in [4.69, 9.17) is 11.6 Å². The predicted molar refractivity (Wildman–Crippen MR) is 45.9 cm³/mol. The summed E-state index contributed by atoms with van der Waals surface area (Å²) in [6, 6.07) is 4.07. The largest absolute Gasteiger partial charge is 0.350 e. The average molecular weight is 172 g/mol. The van der Waals surface area contributed by atoms with Crippen LogP contribution in [0.2, 0.25) is 4.34 Å². The van der Waals surface area contributed by atoms with E-state index in [-0.39, 0.29) is 0 Å². The second kappa shape index (κ2) is 2.01. The van der Waals surface area contributed by atoms with Crippen molar-refractivity contribution in [1.82, 2.24) is 4.98 Å². The molecule has 0 aliphatic carbocycles. The first-order chi connectivity index (χ1) is 4.75. The zero-order valence-electron chi connectivity index (χ0n) is 5.44. The van der Waals surface area contributed by atoms with E-state index in [1.807, 2.05) is 13.0 Å². The van der Waals surface area contributed by atoms with Crippen molar-refractivity contribution in [3.63, 3.8) is 0 Å². The molecule has 0 aliphatic heterocycles. The van der Waals surface area contributed by atoms with Crippen LogP contribution < -0.4 is 0 Å². The standard InChI is InChI=1S/C7H6ClNS/c1-4-2-5-3-6(8)10-7(5)9-4/h2-3,9H,1H3. The Hall–Kier alpha value is -0.470. The van der Waals surface area contributed by atoms with Crippen LogP contribution in [-0.2, 0) is 0 Å². The summed E-state index contributed by atoms with van der Waals surface area (Å²) >= 11 is 7.36. The summed E-state index contributed by atoms with van der Waals surface area (Å²) in [5, 5.41) is 1.22. The third-order valence-corrected chi connectivity index (χ3v) is 2.61. The third kappa shape index (κ3) is 0.842. The minimum Gasteiger partial charge on any atom is -0.350 e. The number of hydrogen-bond donors (Lipinski definition) is 1. The van der Waals surface area contributed by atoms with Gasteiger partial charge in [0.15, 0.2) is 0 Å². The Morgan fingerprint density at radius 1 is 1.50 bits per heavy atom. The van der Waals surface area contributed by atoms with Gasteiger partial charge in [-0.05, 0) is 19.1 Å². The quantitative estimate of drug-likeness (QED) is 0.627. The maximum absolute atomic E-state index is 5.78. The van der Waals surface area contributed by atoms with Gasteiger partial charge in [0.2, 0.25) is 0 Å². The maximum atomic E-state index is 5.78. The first-order valence-corrected chi connectivity index (χ1v) is 4.20. The number of fused-ring (bicyclic) bond motifs is 1. The molecule has 2 aromatic heterocycles. The van der Waals surface area contributed by atoms with Crippen LogP contribution in [0.3, 0.4) is 0 Å². The monoisotopic (exact) mass is 171 g/mol. The van der Waals surface area contributed by atoms with Gasteiger partial charge in [-0.15, -0.1) is 11.3 Å². The highest BCUT2D eigenvalue weighted by Crippen LogP contribution is 2.28. The third-order valence-electron chi connectivity index (χ3n) is 1.41. The molecule has 0 amide bonds. The van der Waals surface area contributed by atoms with E-state index in [9.17, 15) is 0 Å². The lowest BCUT2D eigenvalue weighted by Gasteiger charge is -1.76. The van der Waals surface area contributed by atoms with Gasteiger partial charge in [0, 0.05) is 11.1 Å². The summed E-state index contributed by atoms with van der Waals surface area (Å²) in [4.78, 5) is 4.38. The molecule has 10 heavy (non-hydrogen) atoms. The predicted octanol–water partition coefficient (Wildman–Crippen LogP) is 3.19. The summed E-state index contributed by atoms with van der Waals surface area (Å²) < 4.78 is 0.848. The van der Waals surface area contributed by atoms with Crippen molar-refractivity contribution in [1.29, 1.82) is 0 Å². The lowest BCUT2D eigenvalue weighted by molar-refractivity contribution is 1.31. The Morgan fingerprint density at radius 3 is 3.00 bits per heavy atom. The van der Waals surface area contributed by atoms with Crippen LogP contribution in [0.5, 0.6) is 0 Å². The molecule has 0 aromatic carbocycles. The molecule has 0 fully saturated rings. The van der Waals surface area contributed by atoms with Gasteiger partial charge in [-0.25, -0.2) is 0 Å². The molecule has 1 nitrogen and oxygen atoms in total. The minimum absolute atomic E-state index is 0.848. The van der Waals surface area contributed by atoms with Crippen LogP contribution in [0, 0.1) is 6.92 Å². The number of aromatic amines is 1. The van der Waals surface area contributed by atoms with Gasteiger partial charge in [-0.1, -0.05) is 11.6 Å². The molecule has 0 atom stereocenters. The molecule has 1 N–H and O–H groups in total. The summed E-state index contributed by atoms with van der Waals surface area (Å²) in [7, 11) is 0. The van der Waals surface area contributed by atoms with Gasteiger partial charge in [0.25, 0.3) is 0 Å². The number of hydrogen-bond acceptors (Lipinski definition) is 1. The second-order valence-corrected chi connectivity index (χ2v) is 3.97. The fraction of sp³-hybridized carbons (Fsp3) is 0.143. The van der Waals surface area contributed by atoms with Crippen molar-refractivity contribution in [2.75, 3.05) is 0 Å². The summed E-state index contributed by atoms with van der Waals surface area (Å²) in [5.74, 6) is 0. The summed E-state index contributed by atoms with van der Waals surface area (Å²) in [5.41, 5.74) is 1.19. The SMILES string of the molecule is Cc1cc2cc(Cl)sc2[nH]1. The zero-order valence-corrected chi connectivity index (χ0v) is 7.01. The Balaban J connectivity index is 2.83. The van der Waals surface area contributed by atoms with Crippen molar-refractivity contribution in [2.24, 2.45) is 0 Å². The Morgan fingerprint density at radius 2 is 2.30 bits per heavy atom. The van der Waals surface area contributed by atoms with Crippen LogP contribution in [0.25, 0.3) is 10.2 Å². The lowest BCUT2D eigenvalue weighted by Crippen LogP contribution is -1.62. The van der Waals surface area contributed by atoms with Gasteiger partial charge in [-0.3, -0.25) is 0 Å². The molecule has 2 rings (SSSR count). The van der Waals surface area contributed by atoms with E-state index in [1.165, 1.54) is 15.9 Å². The first kappa shape index (κ1) is 6.25. The second-order valence-electron chi connectivity index (χ2n) is 2.29. The van der Waals surface area contributed by atoms with Crippen molar-refractivity contribution >= 4 is 33.2 Å². The van der Waals surface area contributed by atoms with E-state index >= 15 is 0 Å². The fourth-order valence-corrected chi connectivity index (χ4v) is 2.20. The van der Waals surface area contributed by atoms with Gasteiger partial charge in [-0.2, -0.15) is 0 Å². The number of thiophene rings is 1. The smallest absolute Gasteiger partial charge is 0.101 e. The summed E-state index contributed by atoms with van der Waals surface area (Å²) in [6.45, 7) is 2.04. The highest BCUT2D eigenvalue weighted by atomic mass is 35.5. The van der Waals surface area contributed by atoms with E-state index < -0.39 is 0 Å². The molecule has 0 unspecified atom stereocenters. The summed E-state index contributed by atoms with van der Waals surface area (Å²) in [6.07, 6.45) is 0. The van der Waals surface area contributed by atoms with E-state index in [0.29, 0.717) is 0 Å². The number of rotatable bonds is 0. The van der Waals surface area contributed by atoms with Crippen molar-refractivity contribution < 1.29 is 0 Å². The van der Waals surface area contributed by atoms with E-state index in [2.05, 4.69) is 11.1 Å². The number of H-pyrrole nitrogens is 1. The fourth-order valence-electron chi connectivity index (χ4n) is 1.03. The molecular formula is C7H6ClNS. The molecule has 2 heterocycles. The normalized spacial score (nSPS) is 11.0. The van der Waals surface area contributed by atoms with Gasteiger partial charge < -0.3 is 4.98 Å². The van der Waals surface area contributed by atoms with Crippen molar-refractivity contribution in [3.8, 4) is 0 Å². The lowest BCUT2D eigenvalue weighted by atomic mass is 10.4. The molecule has 3 heteroatoms. The highest BCUT2D eigenvalue weighted by molar-refractivity contribution is 7.22. The van der Waals surface area contributed by atoms with Crippen LogP contribution in [0.1, 0.15) is 5.69 Å². The molecule has 2 aromatic rings. The molecular weight excluding hydrogens is 166 g/mol. The topological polar surface area (TPSA) is 15.8 Å². The van der Waals surface area contributed by atoms with Crippen LogP contribution >= 0.6 is 22.9 Å². The molecule has 0 radical (unpaired) electrons. The van der Waals surface area contributed by atoms with Gasteiger partial charge >= 0.3 is 0 Å². The van der Waals surface area contributed by atoms with Crippen LogP contribution in [0.4, 0.5) is 0 Å². The average Bonchev–Trinajstić information content (AvgIpc) is 2.21. The molecule has 52 valence electrons. The Kier molecular flexibility index (Phi) is 1.25. The molecule has 0 saturated carbocycles. The number of aromatic nitrogens is 1. The number of aryl methyl sites for hydroxylation is 1. The Bertz CT molecular complexity index is 297. The Labute approximate surface area is 67.6 Å². The van der Waals surface area contributed by atoms with E-state index in [0.717, 1.165) is 4.34 Å². The molecule has 0 saturated heterocycles. The van der Waals surface area contributed by atoms with Gasteiger partial charge in [0.1, 0.15) is 4.83 Å². The van der Waals surface area contributed by atoms with Crippen LogP contribution in [-0.4, -0.2) is 4.98 Å². The van der Waals surface area contributed by atoms with Crippen molar-refractivity contribution in [2.45, 2.75) is 6.92 Å². The number of nitrogens with one attached hydrogen (secondary N) is 1. The molecule has 0 aliphatic rings. The molecule has 0 bridgehead atoms. The van der Waals surface area contributed by atoms with E-state index in [1.54, 1.807) is 11.3 Å². The maximum Gasteiger partial charge on any atom is 0.101 e. The van der Waals surface area contributed by atoms with Crippen molar-refractivity contribution in [3.05, 3.63) is 22.2 Å². The van der Waals surface area contributed by atoms with Crippen LogP contribution in [0.15, 0.2) is 12.1 Å². The highest BCUT2D eigenvalue weighted by Gasteiger charge is 2.00. The molecule has 0 spiro atoms. The van der Waals surface area contributed by atoms with Gasteiger partial charge in [0.05, 0.1) is 4.34 Å². The zero-order chi connectivity index (χ0) is 7.14. The number of halogens is 1. The first-order valence-electron chi connectivity index (χ1n) is 3.00.